The summed E-state index contributed by atoms with van der Waals surface area (Å²) >= 11 is 12.4. The van der Waals surface area contributed by atoms with E-state index >= 15 is 0 Å². The lowest BCUT2D eigenvalue weighted by molar-refractivity contribution is 0.284. The van der Waals surface area contributed by atoms with Crippen LogP contribution in [0.4, 0.5) is 0 Å². The number of rotatable bonds is 8. The monoisotopic (exact) mass is 402 g/mol. The molecule has 0 unspecified atom stereocenters. The van der Waals surface area contributed by atoms with Crippen LogP contribution in [0.3, 0.4) is 0 Å². The molecule has 0 amide bonds. The Hall–Kier alpha value is -2.27. The van der Waals surface area contributed by atoms with Crippen molar-refractivity contribution >= 4 is 23.2 Å². The first kappa shape index (κ1) is 19.5. The van der Waals surface area contributed by atoms with Crippen LogP contribution in [-0.2, 0) is 19.7 Å². The van der Waals surface area contributed by atoms with Crippen molar-refractivity contribution in [1.29, 1.82) is 0 Å². The lowest BCUT2D eigenvalue weighted by Gasteiger charge is -2.14. The van der Waals surface area contributed by atoms with E-state index in [1.54, 1.807) is 31.6 Å². The number of nitrogens with one attached hydrogen (secondary N) is 1. The van der Waals surface area contributed by atoms with E-state index in [4.69, 9.17) is 32.7 Å². The van der Waals surface area contributed by atoms with Gasteiger partial charge in [0.25, 0.3) is 0 Å². The molecule has 4 nitrogen and oxygen atoms in total. The van der Waals surface area contributed by atoms with Crippen LogP contribution in [0.15, 0.2) is 60.9 Å². The molecule has 0 spiro atoms. The van der Waals surface area contributed by atoms with Crippen LogP contribution in [-0.4, -0.2) is 12.1 Å². The molecule has 1 aromatic heterocycles. The van der Waals surface area contributed by atoms with E-state index in [2.05, 4.69) is 10.3 Å². The number of methoxy groups -OCH3 is 1. The highest BCUT2D eigenvalue weighted by Crippen LogP contribution is 2.31. The zero-order valence-electron chi connectivity index (χ0n) is 14.9. The van der Waals surface area contributed by atoms with Crippen LogP contribution >= 0.6 is 23.2 Å². The van der Waals surface area contributed by atoms with Gasteiger partial charge in [0.1, 0.15) is 6.61 Å². The molecule has 0 saturated carbocycles. The van der Waals surface area contributed by atoms with Crippen molar-refractivity contribution in [2.24, 2.45) is 0 Å². The van der Waals surface area contributed by atoms with Gasteiger partial charge >= 0.3 is 0 Å². The number of hydrogen-bond donors (Lipinski definition) is 1. The molecule has 0 aliphatic carbocycles. The molecule has 0 atom stereocenters. The molecule has 0 bridgehead atoms. The minimum absolute atomic E-state index is 0.272. The molecule has 0 aliphatic rings. The summed E-state index contributed by atoms with van der Waals surface area (Å²) in [6.07, 6.45) is 3.58. The third-order valence-corrected chi connectivity index (χ3v) is 4.78. The highest BCUT2D eigenvalue weighted by atomic mass is 35.5. The zero-order valence-corrected chi connectivity index (χ0v) is 16.4. The van der Waals surface area contributed by atoms with E-state index in [-0.39, 0.29) is 6.61 Å². The quantitative estimate of drug-likeness (QED) is 0.557. The summed E-state index contributed by atoms with van der Waals surface area (Å²) in [6.45, 7) is 1.76. The molecule has 0 saturated heterocycles. The van der Waals surface area contributed by atoms with Crippen LogP contribution < -0.4 is 14.8 Å². The van der Waals surface area contributed by atoms with E-state index in [0.29, 0.717) is 21.5 Å². The summed E-state index contributed by atoms with van der Waals surface area (Å²) in [6, 6.07) is 15.2. The van der Waals surface area contributed by atoms with Crippen molar-refractivity contribution in [3.05, 3.63) is 87.7 Å². The van der Waals surface area contributed by atoms with Crippen molar-refractivity contribution in [3.8, 4) is 11.5 Å². The van der Waals surface area contributed by atoms with Crippen LogP contribution in [0.25, 0.3) is 0 Å². The van der Waals surface area contributed by atoms with Crippen molar-refractivity contribution in [1.82, 2.24) is 10.3 Å². The van der Waals surface area contributed by atoms with E-state index in [1.165, 1.54) is 5.56 Å². The highest BCUT2D eigenvalue weighted by molar-refractivity contribution is 6.35. The second kappa shape index (κ2) is 9.60. The molecule has 0 aliphatic heterocycles. The Bertz CT molecular complexity index is 868. The molecule has 3 rings (SSSR count). The van der Waals surface area contributed by atoms with E-state index < -0.39 is 0 Å². The molecule has 1 heterocycles. The molecule has 27 heavy (non-hydrogen) atoms. The van der Waals surface area contributed by atoms with Gasteiger partial charge in [0, 0.05) is 41.1 Å². The van der Waals surface area contributed by atoms with E-state index in [1.807, 2.05) is 36.4 Å². The lowest BCUT2D eigenvalue weighted by Crippen LogP contribution is -2.12. The van der Waals surface area contributed by atoms with Gasteiger partial charge in [-0.2, -0.15) is 0 Å². The first-order valence-electron chi connectivity index (χ1n) is 8.49. The summed E-state index contributed by atoms with van der Waals surface area (Å²) in [5.41, 5.74) is 3.04. The molecule has 140 valence electrons. The van der Waals surface area contributed by atoms with Gasteiger partial charge in [0.05, 0.1) is 7.11 Å². The van der Waals surface area contributed by atoms with Crippen LogP contribution in [0.1, 0.15) is 16.7 Å². The largest absolute Gasteiger partial charge is 0.493 e. The number of pyridine rings is 1. The summed E-state index contributed by atoms with van der Waals surface area (Å²) in [4.78, 5) is 4.02. The summed E-state index contributed by atoms with van der Waals surface area (Å²) < 4.78 is 11.4. The fraction of sp³-hybridized carbons (Fsp3) is 0.190. The Morgan fingerprint density at radius 3 is 2.30 bits per heavy atom. The smallest absolute Gasteiger partial charge is 0.161 e. The Labute approximate surface area is 169 Å². The molecule has 1 N–H and O–H groups in total. The summed E-state index contributed by atoms with van der Waals surface area (Å²) in [5, 5.41) is 4.57. The van der Waals surface area contributed by atoms with Gasteiger partial charge in [-0.25, -0.2) is 0 Å². The average Bonchev–Trinajstić information content (AvgIpc) is 2.69. The van der Waals surface area contributed by atoms with Crippen molar-refractivity contribution in [3.63, 3.8) is 0 Å². The average molecular weight is 403 g/mol. The van der Waals surface area contributed by atoms with Gasteiger partial charge < -0.3 is 14.8 Å². The SMILES string of the molecule is COc1cc(CNCc2ccncc2)ccc1OCc1c(Cl)cccc1Cl. The molecular formula is C21H20Cl2N2O2. The Balaban J connectivity index is 1.62. The molecule has 6 heteroatoms. The third-order valence-electron chi connectivity index (χ3n) is 4.07. The Morgan fingerprint density at radius 2 is 1.59 bits per heavy atom. The van der Waals surface area contributed by atoms with Gasteiger partial charge in [-0.1, -0.05) is 35.3 Å². The third kappa shape index (κ3) is 5.36. The first-order chi connectivity index (χ1) is 13.2. The lowest BCUT2D eigenvalue weighted by atomic mass is 10.2. The maximum Gasteiger partial charge on any atom is 0.161 e. The van der Waals surface area contributed by atoms with Crippen molar-refractivity contribution in [2.45, 2.75) is 19.7 Å². The molecule has 0 fully saturated rings. The van der Waals surface area contributed by atoms with Crippen molar-refractivity contribution < 1.29 is 9.47 Å². The van der Waals surface area contributed by atoms with Crippen molar-refractivity contribution in [2.75, 3.05) is 7.11 Å². The topological polar surface area (TPSA) is 43.4 Å². The predicted molar refractivity (Wildman–Crippen MR) is 109 cm³/mol. The van der Waals surface area contributed by atoms with Gasteiger partial charge in [0.15, 0.2) is 11.5 Å². The fourth-order valence-electron chi connectivity index (χ4n) is 2.61. The van der Waals surface area contributed by atoms with Crippen LogP contribution in [0.2, 0.25) is 10.0 Å². The maximum absolute atomic E-state index is 6.19. The van der Waals surface area contributed by atoms with E-state index in [9.17, 15) is 0 Å². The second-order valence-electron chi connectivity index (χ2n) is 5.93. The Kier molecular flexibility index (Phi) is 6.93. The van der Waals surface area contributed by atoms with Gasteiger partial charge in [-0.15, -0.1) is 0 Å². The van der Waals surface area contributed by atoms with Crippen LogP contribution in [0, 0.1) is 0 Å². The standard InChI is InChI=1S/C21H20Cl2N2O2/c1-26-21-11-16(13-25-12-15-7-9-24-10-8-15)5-6-20(21)27-14-17-18(22)3-2-4-19(17)23/h2-11,25H,12-14H2,1H3. The Morgan fingerprint density at radius 1 is 0.889 bits per heavy atom. The second-order valence-corrected chi connectivity index (χ2v) is 6.75. The normalized spacial score (nSPS) is 10.6. The predicted octanol–water partition coefficient (Wildman–Crippen LogP) is 5.27. The molecular weight excluding hydrogens is 383 g/mol. The van der Waals surface area contributed by atoms with Crippen LogP contribution in [0.5, 0.6) is 11.5 Å². The molecule has 0 radical (unpaired) electrons. The minimum atomic E-state index is 0.272. The number of aromatic nitrogens is 1. The summed E-state index contributed by atoms with van der Waals surface area (Å²) in [5.74, 6) is 1.31. The van der Waals surface area contributed by atoms with Gasteiger partial charge in [0.2, 0.25) is 0 Å². The zero-order chi connectivity index (χ0) is 19.1. The maximum atomic E-state index is 6.19. The summed E-state index contributed by atoms with van der Waals surface area (Å²) in [7, 11) is 1.62. The molecule has 3 aromatic rings. The fourth-order valence-corrected chi connectivity index (χ4v) is 3.12. The number of nitrogens with zero attached hydrogens (tertiary/aromatic N) is 1. The number of halogens is 2. The first-order valence-corrected chi connectivity index (χ1v) is 9.25. The van der Waals surface area contributed by atoms with Gasteiger partial charge in [-0.05, 0) is 47.5 Å². The number of hydrogen-bond acceptors (Lipinski definition) is 4. The number of ether oxygens (including phenoxy) is 2. The minimum Gasteiger partial charge on any atom is -0.493 e. The van der Waals surface area contributed by atoms with E-state index in [0.717, 1.165) is 24.2 Å². The number of benzene rings is 2. The molecule has 2 aromatic carbocycles. The van der Waals surface area contributed by atoms with Gasteiger partial charge in [-0.3, -0.25) is 4.98 Å². The highest BCUT2D eigenvalue weighted by Gasteiger charge is 2.10.